The molecule has 0 unspecified atom stereocenters. The Hall–Kier alpha value is -1.58. The van der Waals surface area contributed by atoms with E-state index in [0.717, 1.165) is 6.54 Å². The van der Waals surface area contributed by atoms with Gasteiger partial charge in [0, 0.05) is 12.6 Å². The molecule has 0 bridgehead atoms. The lowest BCUT2D eigenvalue weighted by Crippen LogP contribution is -2.30. The molecule has 2 aromatic rings. The Morgan fingerprint density at radius 2 is 1.63 bits per heavy atom. The summed E-state index contributed by atoms with van der Waals surface area (Å²) < 4.78 is 5.84. The summed E-state index contributed by atoms with van der Waals surface area (Å²) in [4.78, 5) is 2.26. The molecule has 1 aliphatic heterocycles. The van der Waals surface area contributed by atoms with Crippen LogP contribution in [-0.2, 0) is 11.2 Å². The third-order valence-corrected chi connectivity index (χ3v) is 3.64. The first kappa shape index (κ1) is 12.5. The summed E-state index contributed by atoms with van der Waals surface area (Å²) in [6.45, 7) is 3.11. The summed E-state index contributed by atoms with van der Waals surface area (Å²) >= 11 is 0. The van der Waals surface area contributed by atoms with Gasteiger partial charge in [-0.25, -0.2) is 0 Å². The largest absolute Gasteiger partial charge is 0.415 e. The van der Waals surface area contributed by atoms with Crippen LogP contribution in [0.5, 0.6) is 0 Å². The zero-order valence-electron chi connectivity index (χ0n) is 11.1. The van der Waals surface area contributed by atoms with E-state index in [9.17, 15) is 0 Å². The summed E-state index contributed by atoms with van der Waals surface area (Å²) in [7, 11) is 1.87. The van der Waals surface area contributed by atoms with Crippen LogP contribution in [-0.4, -0.2) is 18.5 Å². The van der Waals surface area contributed by atoms with Crippen molar-refractivity contribution in [2.75, 3.05) is 0 Å². The molecule has 0 saturated carbocycles. The van der Waals surface area contributed by atoms with Crippen LogP contribution in [0.25, 0.3) is 0 Å². The average molecular weight is 250 g/mol. The number of rotatable bonds is 3. The Bertz CT molecular complexity index is 517. The molecule has 2 atom stereocenters. The van der Waals surface area contributed by atoms with Crippen molar-refractivity contribution in [3.8, 4) is 0 Å². The topological polar surface area (TPSA) is 12.5 Å². The Morgan fingerprint density at radius 1 is 1.00 bits per heavy atom. The number of hydrogen-bond donors (Lipinski definition) is 0. The fourth-order valence-electron chi connectivity index (χ4n) is 2.50. The third kappa shape index (κ3) is 2.72. The molecule has 3 heteroatoms. The molecule has 0 N–H and O–H groups in total. The van der Waals surface area contributed by atoms with E-state index in [-0.39, 0.29) is 6.10 Å². The lowest BCUT2D eigenvalue weighted by Gasteiger charge is -2.23. The zero-order chi connectivity index (χ0) is 13.1. The van der Waals surface area contributed by atoms with Crippen molar-refractivity contribution in [1.82, 2.24) is 4.81 Å². The number of benzene rings is 2. The van der Waals surface area contributed by atoms with Crippen LogP contribution in [0.15, 0.2) is 60.7 Å². The van der Waals surface area contributed by atoms with Gasteiger partial charge >= 0.3 is 7.62 Å². The second kappa shape index (κ2) is 5.60. The molecular formula is C16H17BNO. The van der Waals surface area contributed by atoms with Crippen molar-refractivity contribution >= 4 is 7.62 Å². The summed E-state index contributed by atoms with van der Waals surface area (Å²) in [6.07, 6.45) is 0.130. The standard InChI is InChI=1S/C16H17BNO/c1-13-16(15-10-6-3-7-11-15)19-17-18(13)12-14-8-4-2-5-9-14/h2-11,13,16H,12H2,1H3/t13-,16+/m1/s1. The van der Waals surface area contributed by atoms with Crippen LogP contribution in [0.4, 0.5) is 0 Å². The maximum Gasteiger partial charge on any atom is 0.399 e. The van der Waals surface area contributed by atoms with Crippen LogP contribution in [0.3, 0.4) is 0 Å². The molecule has 2 nitrogen and oxygen atoms in total. The second-order valence-corrected chi connectivity index (χ2v) is 4.97. The average Bonchev–Trinajstić information content (AvgIpc) is 2.82. The lowest BCUT2D eigenvalue weighted by molar-refractivity contribution is 0.206. The molecular weight excluding hydrogens is 233 g/mol. The summed E-state index contributed by atoms with van der Waals surface area (Å²) in [5.74, 6) is 0. The SMILES string of the molecule is C[C@@H]1[C@@H](c2ccccc2)O[B]N1Cc1ccccc1. The van der Waals surface area contributed by atoms with Gasteiger partial charge < -0.3 is 9.47 Å². The van der Waals surface area contributed by atoms with Gasteiger partial charge in [-0.2, -0.15) is 0 Å². The van der Waals surface area contributed by atoms with Crippen molar-refractivity contribution in [2.24, 2.45) is 0 Å². The highest BCUT2D eigenvalue weighted by molar-refractivity contribution is 6.24. The molecule has 1 fully saturated rings. The molecule has 1 saturated heterocycles. The highest BCUT2D eigenvalue weighted by Gasteiger charge is 2.33. The van der Waals surface area contributed by atoms with Crippen LogP contribution in [0.2, 0.25) is 0 Å². The van der Waals surface area contributed by atoms with Gasteiger partial charge in [0.15, 0.2) is 0 Å². The van der Waals surface area contributed by atoms with Gasteiger partial charge in [-0.15, -0.1) is 0 Å². The van der Waals surface area contributed by atoms with Crippen LogP contribution in [0.1, 0.15) is 24.2 Å². The smallest absolute Gasteiger partial charge is 0.399 e. The monoisotopic (exact) mass is 250 g/mol. The van der Waals surface area contributed by atoms with Crippen LogP contribution >= 0.6 is 0 Å². The van der Waals surface area contributed by atoms with E-state index >= 15 is 0 Å². The summed E-state index contributed by atoms with van der Waals surface area (Å²) in [5.41, 5.74) is 2.55. The zero-order valence-corrected chi connectivity index (χ0v) is 11.1. The minimum atomic E-state index is 0.130. The first-order valence-corrected chi connectivity index (χ1v) is 6.68. The van der Waals surface area contributed by atoms with Crippen molar-refractivity contribution in [2.45, 2.75) is 25.6 Å². The van der Waals surface area contributed by atoms with Crippen molar-refractivity contribution in [3.05, 3.63) is 71.8 Å². The van der Waals surface area contributed by atoms with Gasteiger partial charge in [-0.3, -0.25) is 0 Å². The minimum absolute atomic E-state index is 0.130. The number of hydrogen-bond acceptors (Lipinski definition) is 2. The number of nitrogens with zero attached hydrogens (tertiary/aromatic N) is 1. The van der Waals surface area contributed by atoms with E-state index < -0.39 is 0 Å². The Kier molecular flexibility index (Phi) is 3.67. The molecule has 1 heterocycles. The molecule has 2 aromatic carbocycles. The second-order valence-electron chi connectivity index (χ2n) is 4.97. The predicted molar refractivity (Wildman–Crippen MR) is 77.5 cm³/mol. The molecule has 0 aliphatic carbocycles. The van der Waals surface area contributed by atoms with Gasteiger partial charge in [-0.1, -0.05) is 60.7 Å². The molecule has 19 heavy (non-hydrogen) atoms. The third-order valence-electron chi connectivity index (χ3n) is 3.64. The molecule has 1 aliphatic rings. The highest BCUT2D eigenvalue weighted by Crippen LogP contribution is 2.30. The molecule has 1 radical (unpaired) electrons. The van der Waals surface area contributed by atoms with E-state index in [0.29, 0.717) is 6.04 Å². The van der Waals surface area contributed by atoms with Crippen LogP contribution in [0, 0.1) is 0 Å². The highest BCUT2D eigenvalue weighted by atomic mass is 16.5. The lowest BCUT2D eigenvalue weighted by atomic mass is 10.0. The van der Waals surface area contributed by atoms with E-state index in [1.54, 1.807) is 0 Å². The molecule has 0 aromatic heterocycles. The van der Waals surface area contributed by atoms with Crippen molar-refractivity contribution in [3.63, 3.8) is 0 Å². The maximum absolute atomic E-state index is 5.84. The summed E-state index contributed by atoms with van der Waals surface area (Å²) in [6, 6.07) is 21.3. The van der Waals surface area contributed by atoms with E-state index in [2.05, 4.69) is 60.3 Å². The molecule has 0 amide bonds. The van der Waals surface area contributed by atoms with E-state index in [1.165, 1.54) is 11.1 Å². The fourth-order valence-corrected chi connectivity index (χ4v) is 2.50. The van der Waals surface area contributed by atoms with E-state index in [4.69, 9.17) is 4.65 Å². The Labute approximate surface area is 115 Å². The quantitative estimate of drug-likeness (QED) is 0.775. The van der Waals surface area contributed by atoms with Gasteiger partial charge in [0.2, 0.25) is 0 Å². The van der Waals surface area contributed by atoms with E-state index in [1.807, 2.05) is 19.7 Å². The fraction of sp³-hybridized carbons (Fsp3) is 0.250. The molecule has 95 valence electrons. The first-order valence-electron chi connectivity index (χ1n) is 6.68. The normalized spacial score (nSPS) is 23.2. The Morgan fingerprint density at radius 3 is 2.32 bits per heavy atom. The molecule has 0 spiro atoms. The van der Waals surface area contributed by atoms with Gasteiger partial charge in [0.1, 0.15) is 0 Å². The van der Waals surface area contributed by atoms with Crippen molar-refractivity contribution in [1.29, 1.82) is 0 Å². The first-order chi connectivity index (χ1) is 9.34. The Balaban J connectivity index is 1.71. The van der Waals surface area contributed by atoms with Gasteiger partial charge in [0.05, 0.1) is 6.10 Å². The van der Waals surface area contributed by atoms with Gasteiger partial charge in [-0.05, 0) is 18.1 Å². The van der Waals surface area contributed by atoms with Gasteiger partial charge in [0.25, 0.3) is 0 Å². The molecule has 3 rings (SSSR count). The predicted octanol–water partition coefficient (Wildman–Crippen LogP) is 3.18. The maximum atomic E-state index is 5.84. The summed E-state index contributed by atoms with van der Waals surface area (Å²) in [5, 5.41) is 0. The minimum Gasteiger partial charge on any atom is -0.415 e. The van der Waals surface area contributed by atoms with Crippen LogP contribution < -0.4 is 0 Å². The van der Waals surface area contributed by atoms with Crippen molar-refractivity contribution < 1.29 is 4.65 Å².